The van der Waals surface area contributed by atoms with Crippen LogP contribution < -0.4 is 14.8 Å². The van der Waals surface area contributed by atoms with Crippen molar-refractivity contribution < 1.29 is 28.6 Å². The summed E-state index contributed by atoms with van der Waals surface area (Å²) in [6.45, 7) is 5.53. The molecule has 0 aromatic heterocycles. The first-order valence-corrected chi connectivity index (χ1v) is 9.77. The molecular formula is C22H24N2O6. The highest BCUT2D eigenvalue weighted by molar-refractivity contribution is 5.97. The SMILES string of the molecule is CCN(CC)C(=O)c1ccc(NC(=O)COC(=O)c2ccc3c(c2)OCCO3)cc1. The molecule has 30 heavy (non-hydrogen) atoms. The molecule has 1 aliphatic heterocycles. The van der Waals surface area contributed by atoms with Crippen LogP contribution in [0.1, 0.15) is 34.6 Å². The predicted octanol–water partition coefficient (Wildman–Crippen LogP) is 2.74. The van der Waals surface area contributed by atoms with Gasteiger partial charge in [-0.1, -0.05) is 0 Å². The zero-order chi connectivity index (χ0) is 21.5. The molecule has 2 aromatic carbocycles. The topological polar surface area (TPSA) is 94.2 Å². The summed E-state index contributed by atoms with van der Waals surface area (Å²) in [5, 5.41) is 2.64. The number of amides is 2. The number of rotatable bonds is 7. The van der Waals surface area contributed by atoms with Crippen molar-refractivity contribution in [2.24, 2.45) is 0 Å². The van der Waals surface area contributed by atoms with E-state index in [1.54, 1.807) is 41.3 Å². The van der Waals surface area contributed by atoms with Gasteiger partial charge in [0.1, 0.15) is 13.2 Å². The number of hydrogen-bond acceptors (Lipinski definition) is 6. The van der Waals surface area contributed by atoms with E-state index in [-0.39, 0.29) is 11.5 Å². The molecule has 1 aliphatic rings. The van der Waals surface area contributed by atoms with Crippen molar-refractivity contribution in [1.29, 1.82) is 0 Å². The minimum atomic E-state index is -0.637. The molecule has 0 saturated carbocycles. The van der Waals surface area contributed by atoms with E-state index in [2.05, 4.69) is 5.32 Å². The van der Waals surface area contributed by atoms with Gasteiger partial charge >= 0.3 is 5.97 Å². The normalized spacial score (nSPS) is 12.1. The Labute approximate surface area is 174 Å². The van der Waals surface area contributed by atoms with E-state index in [1.165, 1.54) is 6.07 Å². The average molecular weight is 412 g/mol. The maximum absolute atomic E-state index is 12.3. The lowest BCUT2D eigenvalue weighted by molar-refractivity contribution is -0.119. The van der Waals surface area contributed by atoms with Crippen molar-refractivity contribution in [1.82, 2.24) is 4.90 Å². The van der Waals surface area contributed by atoms with E-state index in [4.69, 9.17) is 14.2 Å². The molecule has 1 heterocycles. The van der Waals surface area contributed by atoms with Gasteiger partial charge in [0.05, 0.1) is 5.56 Å². The predicted molar refractivity (Wildman–Crippen MR) is 110 cm³/mol. The zero-order valence-corrected chi connectivity index (χ0v) is 17.0. The molecule has 0 saturated heterocycles. The Hall–Kier alpha value is -3.55. The van der Waals surface area contributed by atoms with Crippen molar-refractivity contribution in [2.75, 3.05) is 38.2 Å². The highest BCUT2D eigenvalue weighted by Gasteiger charge is 2.17. The second-order valence-corrected chi connectivity index (χ2v) is 6.54. The molecular weight excluding hydrogens is 388 g/mol. The number of nitrogens with zero attached hydrogens (tertiary/aromatic N) is 1. The minimum absolute atomic E-state index is 0.0637. The summed E-state index contributed by atoms with van der Waals surface area (Å²) in [5.41, 5.74) is 1.32. The van der Waals surface area contributed by atoms with Gasteiger partial charge < -0.3 is 24.4 Å². The molecule has 2 aromatic rings. The highest BCUT2D eigenvalue weighted by Crippen LogP contribution is 2.30. The second-order valence-electron chi connectivity index (χ2n) is 6.54. The number of carbonyl (C=O) groups is 3. The molecule has 158 valence electrons. The van der Waals surface area contributed by atoms with Gasteiger partial charge in [-0.3, -0.25) is 9.59 Å². The van der Waals surface area contributed by atoms with Gasteiger partial charge in [-0.05, 0) is 56.3 Å². The van der Waals surface area contributed by atoms with Crippen LogP contribution in [0.3, 0.4) is 0 Å². The van der Waals surface area contributed by atoms with Gasteiger partial charge in [-0.15, -0.1) is 0 Å². The molecule has 8 heteroatoms. The van der Waals surface area contributed by atoms with Crippen LogP contribution in [0.15, 0.2) is 42.5 Å². The Balaban J connectivity index is 1.52. The fourth-order valence-corrected chi connectivity index (χ4v) is 2.97. The Kier molecular flexibility index (Phi) is 6.90. The molecule has 0 bridgehead atoms. The molecule has 2 amide bonds. The number of nitrogens with one attached hydrogen (secondary N) is 1. The van der Waals surface area contributed by atoms with Gasteiger partial charge in [0.2, 0.25) is 0 Å². The number of fused-ring (bicyclic) bond motifs is 1. The van der Waals surface area contributed by atoms with E-state index >= 15 is 0 Å². The van der Waals surface area contributed by atoms with Crippen LogP contribution in [0.5, 0.6) is 11.5 Å². The molecule has 3 rings (SSSR count). The zero-order valence-electron chi connectivity index (χ0n) is 17.0. The molecule has 0 unspecified atom stereocenters. The third-order valence-corrected chi connectivity index (χ3v) is 4.58. The second kappa shape index (κ2) is 9.78. The van der Waals surface area contributed by atoms with Gasteiger partial charge in [0.15, 0.2) is 18.1 Å². The van der Waals surface area contributed by atoms with E-state index in [1.807, 2.05) is 13.8 Å². The van der Waals surface area contributed by atoms with Crippen molar-refractivity contribution in [3.8, 4) is 11.5 Å². The quantitative estimate of drug-likeness (QED) is 0.703. The van der Waals surface area contributed by atoms with Gasteiger partial charge in [-0.25, -0.2) is 4.79 Å². The first kappa shape index (κ1) is 21.2. The fraction of sp³-hybridized carbons (Fsp3) is 0.318. The number of ether oxygens (including phenoxy) is 3. The highest BCUT2D eigenvalue weighted by atomic mass is 16.6. The van der Waals surface area contributed by atoms with E-state index in [0.29, 0.717) is 49.1 Å². The first-order valence-electron chi connectivity index (χ1n) is 9.77. The van der Waals surface area contributed by atoms with E-state index in [0.717, 1.165) is 0 Å². The summed E-state index contributed by atoms with van der Waals surface area (Å²) in [6.07, 6.45) is 0. The maximum atomic E-state index is 12.3. The Morgan fingerprint density at radius 2 is 1.57 bits per heavy atom. The monoisotopic (exact) mass is 412 g/mol. The van der Waals surface area contributed by atoms with Crippen LogP contribution >= 0.6 is 0 Å². The summed E-state index contributed by atoms with van der Waals surface area (Å²) >= 11 is 0. The summed E-state index contributed by atoms with van der Waals surface area (Å²) in [7, 11) is 0. The molecule has 1 N–H and O–H groups in total. The van der Waals surface area contributed by atoms with Crippen LogP contribution in [0.4, 0.5) is 5.69 Å². The maximum Gasteiger partial charge on any atom is 0.338 e. The standard InChI is InChI=1S/C22H24N2O6/c1-3-24(4-2)21(26)15-5-8-17(9-6-15)23-20(25)14-30-22(27)16-7-10-18-19(13-16)29-12-11-28-18/h5-10,13H,3-4,11-12,14H2,1-2H3,(H,23,25). The number of anilines is 1. The molecule has 0 spiro atoms. The lowest BCUT2D eigenvalue weighted by Crippen LogP contribution is -2.30. The molecule has 0 radical (unpaired) electrons. The lowest BCUT2D eigenvalue weighted by Gasteiger charge is -2.18. The van der Waals surface area contributed by atoms with Crippen LogP contribution in [-0.4, -0.2) is 55.6 Å². The number of hydrogen-bond donors (Lipinski definition) is 1. The number of esters is 1. The van der Waals surface area contributed by atoms with Crippen LogP contribution in [0, 0.1) is 0 Å². The van der Waals surface area contributed by atoms with E-state index < -0.39 is 18.5 Å². The fourth-order valence-electron chi connectivity index (χ4n) is 2.97. The third-order valence-electron chi connectivity index (χ3n) is 4.58. The minimum Gasteiger partial charge on any atom is -0.486 e. The molecule has 0 aliphatic carbocycles. The Bertz CT molecular complexity index is 922. The lowest BCUT2D eigenvalue weighted by atomic mass is 10.1. The largest absolute Gasteiger partial charge is 0.486 e. The summed E-state index contributed by atoms with van der Waals surface area (Å²) in [4.78, 5) is 38.3. The molecule has 8 nitrogen and oxygen atoms in total. The van der Waals surface area contributed by atoms with Crippen molar-refractivity contribution in [3.63, 3.8) is 0 Å². The summed E-state index contributed by atoms with van der Waals surface area (Å²) in [5.74, 6) is -0.143. The van der Waals surface area contributed by atoms with Crippen LogP contribution in [0.2, 0.25) is 0 Å². The molecule has 0 fully saturated rings. The first-order chi connectivity index (χ1) is 14.5. The van der Waals surface area contributed by atoms with Gasteiger partial charge in [-0.2, -0.15) is 0 Å². The summed E-state index contributed by atoms with van der Waals surface area (Å²) in [6, 6.07) is 11.3. The summed E-state index contributed by atoms with van der Waals surface area (Å²) < 4.78 is 15.9. The third kappa shape index (κ3) is 5.08. The smallest absolute Gasteiger partial charge is 0.338 e. The average Bonchev–Trinajstić information content (AvgIpc) is 2.78. The van der Waals surface area contributed by atoms with Crippen molar-refractivity contribution in [2.45, 2.75) is 13.8 Å². The number of benzene rings is 2. The Morgan fingerprint density at radius 1 is 0.933 bits per heavy atom. The molecule has 0 atom stereocenters. The van der Waals surface area contributed by atoms with Crippen LogP contribution in [0.25, 0.3) is 0 Å². The van der Waals surface area contributed by atoms with Crippen molar-refractivity contribution >= 4 is 23.5 Å². The van der Waals surface area contributed by atoms with Gasteiger partial charge in [0.25, 0.3) is 11.8 Å². The number of carbonyl (C=O) groups excluding carboxylic acids is 3. The Morgan fingerprint density at radius 3 is 2.23 bits per heavy atom. The van der Waals surface area contributed by atoms with Crippen LogP contribution in [-0.2, 0) is 9.53 Å². The van der Waals surface area contributed by atoms with Crippen molar-refractivity contribution in [3.05, 3.63) is 53.6 Å². The van der Waals surface area contributed by atoms with E-state index in [9.17, 15) is 14.4 Å². The van der Waals surface area contributed by atoms with Gasteiger partial charge in [0, 0.05) is 24.3 Å².